The molecule has 0 spiro atoms. The van der Waals surface area contributed by atoms with Gasteiger partial charge in [-0.15, -0.1) is 0 Å². The highest BCUT2D eigenvalue weighted by molar-refractivity contribution is 6.33. The summed E-state index contributed by atoms with van der Waals surface area (Å²) < 4.78 is 4.84. The molecule has 1 aromatic rings. The number of carbonyl (C=O) groups is 1. The highest BCUT2D eigenvalue weighted by Crippen LogP contribution is 2.22. The molecule has 0 saturated heterocycles. The van der Waals surface area contributed by atoms with E-state index in [1.165, 1.54) is 13.2 Å². The van der Waals surface area contributed by atoms with E-state index in [-0.39, 0.29) is 5.91 Å². The summed E-state index contributed by atoms with van der Waals surface area (Å²) in [6.07, 6.45) is 0.415. The Balaban J connectivity index is 2.72. The summed E-state index contributed by atoms with van der Waals surface area (Å²) >= 11 is 5.92. The molecule has 0 radical (unpaired) electrons. The molecule has 1 aromatic carbocycles. The van der Waals surface area contributed by atoms with E-state index < -0.39 is 6.04 Å². The minimum absolute atomic E-state index is 0.357. The summed E-state index contributed by atoms with van der Waals surface area (Å²) in [5, 5.41) is 11.7. The van der Waals surface area contributed by atoms with Crippen molar-refractivity contribution in [1.29, 1.82) is 5.26 Å². The summed E-state index contributed by atoms with van der Waals surface area (Å²) in [6, 6.07) is 5.92. The molecule has 18 heavy (non-hydrogen) atoms. The van der Waals surface area contributed by atoms with Crippen LogP contribution in [0.3, 0.4) is 0 Å². The first-order valence-corrected chi connectivity index (χ1v) is 5.71. The van der Waals surface area contributed by atoms with Crippen LogP contribution in [-0.2, 0) is 9.53 Å². The second kappa shape index (κ2) is 6.97. The van der Waals surface area contributed by atoms with Gasteiger partial charge >= 0.3 is 0 Å². The maximum atomic E-state index is 11.7. The van der Waals surface area contributed by atoms with Crippen LogP contribution in [0, 0.1) is 11.3 Å². The van der Waals surface area contributed by atoms with E-state index in [1.807, 2.05) is 6.07 Å². The first-order valence-electron chi connectivity index (χ1n) is 5.33. The van der Waals surface area contributed by atoms with Crippen LogP contribution in [0.5, 0.6) is 0 Å². The smallest absolute Gasteiger partial charge is 0.241 e. The Morgan fingerprint density at radius 3 is 3.00 bits per heavy atom. The molecule has 6 heteroatoms. The summed E-state index contributed by atoms with van der Waals surface area (Å²) in [5.41, 5.74) is 6.47. The number of rotatable bonds is 5. The number of ether oxygens (including phenoxy) is 1. The SMILES string of the molecule is COCCC(N)C(=O)Nc1cc(C#N)ccc1Cl. The van der Waals surface area contributed by atoms with Crippen molar-refractivity contribution in [2.75, 3.05) is 19.0 Å². The minimum atomic E-state index is -0.674. The van der Waals surface area contributed by atoms with Gasteiger partial charge in [0.15, 0.2) is 0 Å². The topological polar surface area (TPSA) is 88.1 Å². The maximum absolute atomic E-state index is 11.7. The fourth-order valence-electron chi connectivity index (χ4n) is 1.29. The molecule has 3 N–H and O–H groups in total. The third-order valence-electron chi connectivity index (χ3n) is 2.32. The molecule has 1 amide bonds. The van der Waals surface area contributed by atoms with Crippen molar-refractivity contribution in [1.82, 2.24) is 0 Å². The number of hydrogen-bond donors (Lipinski definition) is 2. The number of nitriles is 1. The van der Waals surface area contributed by atoms with Gasteiger partial charge in [-0.2, -0.15) is 5.26 Å². The Bertz CT molecular complexity index is 471. The predicted molar refractivity (Wildman–Crippen MR) is 69.3 cm³/mol. The highest BCUT2D eigenvalue weighted by Gasteiger charge is 2.14. The molecule has 96 valence electrons. The summed E-state index contributed by atoms with van der Waals surface area (Å²) in [4.78, 5) is 11.7. The molecule has 0 aromatic heterocycles. The highest BCUT2D eigenvalue weighted by atomic mass is 35.5. The Kier molecular flexibility index (Phi) is 5.59. The number of benzene rings is 1. The van der Waals surface area contributed by atoms with Crippen LogP contribution in [0.15, 0.2) is 18.2 Å². The van der Waals surface area contributed by atoms with Gasteiger partial charge in [-0.1, -0.05) is 11.6 Å². The normalized spacial score (nSPS) is 11.7. The molecular weight excluding hydrogens is 254 g/mol. The molecule has 1 atom stereocenters. The molecule has 0 fully saturated rings. The average Bonchev–Trinajstić information content (AvgIpc) is 2.38. The molecule has 0 saturated carbocycles. The second-order valence-corrected chi connectivity index (χ2v) is 4.09. The number of anilines is 1. The van der Waals surface area contributed by atoms with Crippen molar-refractivity contribution in [3.63, 3.8) is 0 Å². The predicted octanol–water partition coefficient (Wildman–Crippen LogP) is 1.51. The van der Waals surface area contributed by atoms with E-state index in [0.29, 0.717) is 29.3 Å². The third-order valence-corrected chi connectivity index (χ3v) is 2.65. The van der Waals surface area contributed by atoms with Gasteiger partial charge in [0.05, 0.1) is 28.4 Å². The van der Waals surface area contributed by atoms with Crippen LogP contribution in [0.25, 0.3) is 0 Å². The van der Waals surface area contributed by atoms with Gasteiger partial charge < -0.3 is 15.8 Å². The first-order chi connectivity index (χ1) is 8.58. The molecule has 0 aliphatic heterocycles. The van der Waals surface area contributed by atoms with Crippen LogP contribution < -0.4 is 11.1 Å². The molecule has 1 rings (SSSR count). The van der Waals surface area contributed by atoms with Gasteiger partial charge in [0.1, 0.15) is 0 Å². The molecule has 0 aliphatic rings. The number of amides is 1. The Morgan fingerprint density at radius 2 is 2.39 bits per heavy atom. The molecule has 0 bridgehead atoms. The Hall–Kier alpha value is -1.61. The quantitative estimate of drug-likeness (QED) is 0.846. The van der Waals surface area contributed by atoms with E-state index in [2.05, 4.69) is 5.32 Å². The van der Waals surface area contributed by atoms with Crippen molar-refractivity contribution in [3.8, 4) is 6.07 Å². The number of nitrogens with one attached hydrogen (secondary N) is 1. The van der Waals surface area contributed by atoms with Gasteiger partial charge in [0.2, 0.25) is 5.91 Å². The fraction of sp³-hybridized carbons (Fsp3) is 0.333. The van der Waals surface area contributed by atoms with E-state index in [1.54, 1.807) is 12.1 Å². The number of halogens is 1. The van der Waals surface area contributed by atoms with E-state index in [0.717, 1.165) is 0 Å². The third kappa shape index (κ3) is 4.00. The fourth-order valence-corrected chi connectivity index (χ4v) is 1.46. The van der Waals surface area contributed by atoms with Crippen molar-refractivity contribution in [2.45, 2.75) is 12.5 Å². The zero-order valence-corrected chi connectivity index (χ0v) is 10.7. The van der Waals surface area contributed by atoms with Crippen molar-refractivity contribution < 1.29 is 9.53 Å². The molecular formula is C12H14ClN3O2. The summed E-state index contributed by atoms with van der Waals surface area (Å²) in [7, 11) is 1.54. The van der Waals surface area contributed by atoms with E-state index in [9.17, 15) is 4.79 Å². The Labute approximate surface area is 110 Å². The molecule has 0 heterocycles. The van der Waals surface area contributed by atoms with Crippen LogP contribution in [0.4, 0.5) is 5.69 Å². The first kappa shape index (κ1) is 14.5. The number of hydrogen-bond acceptors (Lipinski definition) is 4. The maximum Gasteiger partial charge on any atom is 0.241 e. The van der Waals surface area contributed by atoms with E-state index >= 15 is 0 Å². The monoisotopic (exact) mass is 267 g/mol. The van der Waals surface area contributed by atoms with Crippen LogP contribution in [0.1, 0.15) is 12.0 Å². The minimum Gasteiger partial charge on any atom is -0.385 e. The van der Waals surface area contributed by atoms with Crippen LogP contribution in [-0.4, -0.2) is 25.7 Å². The van der Waals surface area contributed by atoms with Gasteiger partial charge in [0.25, 0.3) is 0 Å². The summed E-state index contributed by atoms with van der Waals surface area (Å²) in [6.45, 7) is 0.403. The average molecular weight is 268 g/mol. The van der Waals surface area contributed by atoms with Crippen molar-refractivity contribution >= 4 is 23.2 Å². The lowest BCUT2D eigenvalue weighted by atomic mass is 10.2. The standard InChI is InChI=1S/C12H14ClN3O2/c1-18-5-4-10(15)12(17)16-11-6-8(7-14)2-3-9(11)13/h2-3,6,10H,4-5,15H2,1H3,(H,16,17). The second-order valence-electron chi connectivity index (χ2n) is 3.68. The molecule has 5 nitrogen and oxygen atoms in total. The van der Waals surface area contributed by atoms with Gasteiger partial charge in [-0.05, 0) is 24.6 Å². The summed E-state index contributed by atoms with van der Waals surface area (Å²) in [5.74, 6) is -0.357. The number of carbonyl (C=O) groups excluding carboxylic acids is 1. The van der Waals surface area contributed by atoms with Crippen molar-refractivity contribution in [3.05, 3.63) is 28.8 Å². The van der Waals surface area contributed by atoms with Crippen molar-refractivity contribution in [2.24, 2.45) is 5.73 Å². The number of nitrogens with zero attached hydrogens (tertiary/aromatic N) is 1. The zero-order chi connectivity index (χ0) is 13.5. The van der Waals surface area contributed by atoms with Crippen LogP contribution in [0.2, 0.25) is 5.02 Å². The lowest BCUT2D eigenvalue weighted by molar-refractivity contribution is -0.117. The lowest BCUT2D eigenvalue weighted by Crippen LogP contribution is -2.36. The lowest BCUT2D eigenvalue weighted by Gasteiger charge is -2.12. The van der Waals surface area contributed by atoms with E-state index in [4.69, 9.17) is 27.3 Å². The molecule has 1 unspecified atom stereocenters. The Morgan fingerprint density at radius 1 is 1.67 bits per heavy atom. The molecule has 0 aliphatic carbocycles. The van der Waals surface area contributed by atoms with Gasteiger partial charge in [-0.3, -0.25) is 4.79 Å². The van der Waals surface area contributed by atoms with Crippen LogP contribution >= 0.6 is 11.6 Å². The zero-order valence-electron chi connectivity index (χ0n) is 9.94. The van der Waals surface area contributed by atoms with Gasteiger partial charge in [0, 0.05) is 13.7 Å². The number of nitrogens with two attached hydrogens (primary N) is 1. The number of methoxy groups -OCH3 is 1. The van der Waals surface area contributed by atoms with Gasteiger partial charge in [-0.25, -0.2) is 0 Å². The largest absolute Gasteiger partial charge is 0.385 e.